The molecule has 0 aliphatic carbocycles. The highest BCUT2D eigenvalue weighted by atomic mass is 16.5. The molecular weight excluding hydrogens is 190 g/mol. The van der Waals surface area contributed by atoms with Crippen LogP contribution in [0, 0.1) is 0 Å². The van der Waals surface area contributed by atoms with E-state index in [2.05, 4.69) is 11.8 Å². The van der Waals surface area contributed by atoms with Crippen LogP contribution < -0.4 is 4.74 Å². The summed E-state index contributed by atoms with van der Waals surface area (Å²) in [7, 11) is 5.63. The van der Waals surface area contributed by atoms with Gasteiger partial charge in [0, 0.05) is 6.04 Å². The molecule has 15 heavy (non-hydrogen) atoms. The van der Waals surface area contributed by atoms with Crippen molar-refractivity contribution in [1.82, 2.24) is 4.90 Å². The van der Waals surface area contributed by atoms with Gasteiger partial charge in [-0.3, -0.25) is 0 Å². The van der Waals surface area contributed by atoms with Gasteiger partial charge in [0.05, 0.1) is 12.7 Å². The van der Waals surface area contributed by atoms with E-state index in [0.717, 1.165) is 17.7 Å². The molecule has 1 atom stereocenters. The van der Waals surface area contributed by atoms with Crippen LogP contribution in [0.15, 0.2) is 18.2 Å². The molecule has 1 rings (SSSR count). The lowest BCUT2D eigenvalue weighted by atomic mass is 10.0. The predicted molar refractivity (Wildman–Crippen MR) is 61.4 cm³/mol. The average molecular weight is 209 g/mol. The molecule has 1 aromatic rings. The van der Waals surface area contributed by atoms with E-state index in [4.69, 9.17) is 4.74 Å². The van der Waals surface area contributed by atoms with E-state index in [1.807, 2.05) is 20.2 Å². The summed E-state index contributed by atoms with van der Waals surface area (Å²) in [4.78, 5) is 2.08. The van der Waals surface area contributed by atoms with Crippen molar-refractivity contribution in [1.29, 1.82) is 0 Å². The topological polar surface area (TPSA) is 32.7 Å². The van der Waals surface area contributed by atoms with E-state index in [1.165, 1.54) is 0 Å². The third kappa shape index (κ3) is 2.42. The predicted octanol–water partition coefficient (Wildman–Crippen LogP) is 2.41. The third-order valence-corrected chi connectivity index (χ3v) is 2.61. The number of phenolic OH excluding ortho intramolecular Hbond substituents is 1. The van der Waals surface area contributed by atoms with E-state index < -0.39 is 0 Å². The fraction of sp³-hybridized carbons (Fsp3) is 0.500. The zero-order valence-corrected chi connectivity index (χ0v) is 9.82. The summed E-state index contributed by atoms with van der Waals surface area (Å²) in [6.07, 6.45) is 0.931. The largest absolute Gasteiger partial charge is 0.507 e. The SMILES string of the molecule is CCC(c1c(O)cccc1OC)N(C)C. The van der Waals surface area contributed by atoms with E-state index in [1.54, 1.807) is 19.2 Å². The summed E-state index contributed by atoms with van der Waals surface area (Å²) in [5.41, 5.74) is 0.868. The Morgan fingerprint density at radius 3 is 2.53 bits per heavy atom. The molecule has 0 aromatic heterocycles. The van der Waals surface area contributed by atoms with Crippen LogP contribution >= 0.6 is 0 Å². The molecule has 0 fully saturated rings. The highest BCUT2D eigenvalue weighted by Gasteiger charge is 2.19. The number of benzene rings is 1. The molecule has 0 spiro atoms. The fourth-order valence-corrected chi connectivity index (χ4v) is 1.87. The number of aromatic hydroxyl groups is 1. The normalized spacial score (nSPS) is 12.9. The van der Waals surface area contributed by atoms with Gasteiger partial charge in [-0.1, -0.05) is 13.0 Å². The number of rotatable bonds is 4. The van der Waals surface area contributed by atoms with Gasteiger partial charge >= 0.3 is 0 Å². The first-order valence-corrected chi connectivity index (χ1v) is 5.14. The van der Waals surface area contributed by atoms with Crippen LogP contribution in [0.1, 0.15) is 24.9 Å². The van der Waals surface area contributed by atoms with Gasteiger partial charge in [0.1, 0.15) is 11.5 Å². The lowest BCUT2D eigenvalue weighted by Crippen LogP contribution is -2.19. The second-order valence-electron chi connectivity index (χ2n) is 3.78. The zero-order chi connectivity index (χ0) is 11.4. The van der Waals surface area contributed by atoms with Gasteiger partial charge in [-0.25, -0.2) is 0 Å². The summed E-state index contributed by atoms with van der Waals surface area (Å²) in [6, 6.07) is 5.55. The molecule has 0 saturated heterocycles. The monoisotopic (exact) mass is 209 g/mol. The molecule has 0 heterocycles. The van der Waals surface area contributed by atoms with E-state index in [0.29, 0.717) is 5.75 Å². The minimum Gasteiger partial charge on any atom is -0.507 e. The molecule has 0 radical (unpaired) electrons. The van der Waals surface area contributed by atoms with Crippen molar-refractivity contribution < 1.29 is 9.84 Å². The maximum absolute atomic E-state index is 9.87. The Morgan fingerprint density at radius 1 is 1.40 bits per heavy atom. The average Bonchev–Trinajstić information content (AvgIpc) is 2.21. The number of methoxy groups -OCH3 is 1. The van der Waals surface area contributed by atoms with Crippen molar-refractivity contribution in [3.8, 4) is 11.5 Å². The fourth-order valence-electron chi connectivity index (χ4n) is 1.87. The summed E-state index contributed by atoms with van der Waals surface area (Å²) >= 11 is 0. The highest BCUT2D eigenvalue weighted by molar-refractivity contribution is 5.46. The maximum atomic E-state index is 9.87. The Bertz CT molecular complexity index is 323. The highest BCUT2D eigenvalue weighted by Crippen LogP contribution is 2.36. The molecule has 0 amide bonds. The van der Waals surface area contributed by atoms with Gasteiger partial charge < -0.3 is 14.7 Å². The smallest absolute Gasteiger partial charge is 0.127 e. The van der Waals surface area contributed by atoms with E-state index in [-0.39, 0.29) is 6.04 Å². The second-order valence-corrected chi connectivity index (χ2v) is 3.78. The van der Waals surface area contributed by atoms with Crippen molar-refractivity contribution in [3.05, 3.63) is 23.8 Å². The van der Waals surface area contributed by atoms with Crippen LogP contribution in [-0.2, 0) is 0 Å². The van der Waals surface area contributed by atoms with Crippen molar-refractivity contribution >= 4 is 0 Å². The molecule has 0 aliphatic rings. The Morgan fingerprint density at radius 2 is 2.07 bits per heavy atom. The zero-order valence-electron chi connectivity index (χ0n) is 9.82. The number of hydrogen-bond donors (Lipinski definition) is 1. The first-order chi connectivity index (χ1) is 7.11. The van der Waals surface area contributed by atoms with Crippen molar-refractivity contribution in [2.75, 3.05) is 21.2 Å². The van der Waals surface area contributed by atoms with Crippen LogP contribution in [-0.4, -0.2) is 31.2 Å². The second kappa shape index (κ2) is 5.03. The molecule has 0 saturated carbocycles. The molecule has 1 unspecified atom stereocenters. The van der Waals surface area contributed by atoms with Crippen molar-refractivity contribution in [2.24, 2.45) is 0 Å². The van der Waals surface area contributed by atoms with Gasteiger partial charge in [0.15, 0.2) is 0 Å². The van der Waals surface area contributed by atoms with Crippen LogP contribution in [0.4, 0.5) is 0 Å². The van der Waals surface area contributed by atoms with Gasteiger partial charge in [0.25, 0.3) is 0 Å². The molecule has 1 aromatic carbocycles. The van der Waals surface area contributed by atoms with Gasteiger partial charge in [0.2, 0.25) is 0 Å². The van der Waals surface area contributed by atoms with Crippen molar-refractivity contribution in [2.45, 2.75) is 19.4 Å². The lowest BCUT2D eigenvalue weighted by molar-refractivity contribution is 0.273. The minimum absolute atomic E-state index is 0.182. The Balaban J connectivity index is 3.20. The lowest BCUT2D eigenvalue weighted by Gasteiger charge is -2.25. The summed E-state index contributed by atoms with van der Waals surface area (Å²) < 4.78 is 5.27. The first kappa shape index (κ1) is 11.9. The Labute approximate surface area is 91.3 Å². The van der Waals surface area contributed by atoms with Crippen molar-refractivity contribution in [3.63, 3.8) is 0 Å². The van der Waals surface area contributed by atoms with Crippen LogP contribution in [0.5, 0.6) is 11.5 Å². The molecule has 3 heteroatoms. The first-order valence-electron chi connectivity index (χ1n) is 5.14. The number of ether oxygens (including phenoxy) is 1. The summed E-state index contributed by atoms with van der Waals surface area (Å²) in [5, 5.41) is 9.87. The number of phenols is 1. The number of hydrogen-bond acceptors (Lipinski definition) is 3. The summed E-state index contributed by atoms with van der Waals surface area (Å²) in [5.74, 6) is 1.05. The summed E-state index contributed by atoms with van der Waals surface area (Å²) in [6.45, 7) is 2.09. The van der Waals surface area contributed by atoms with E-state index >= 15 is 0 Å². The molecule has 1 N–H and O–H groups in total. The molecule has 3 nitrogen and oxygen atoms in total. The molecule has 84 valence electrons. The molecule has 0 bridgehead atoms. The van der Waals surface area contributed by atoms with E-state index in [9.17, 15) is 5.11 Å². The maximum Gasteiger partial charge on any atom is 0.127 e. The Hall–Kier alpha value is -1.22. The molecule has 0 aliphatic heterocycles. The van der Waals surface area contributed by atoms with Gasteiger partial charge in [-0.05, 0) is 32.6 Å². The van der Waals surface area contributed by atoms with Gasteiger partial charge in [-0.15, -0.1) is 0 Å². The number of nitrogens with zero attached hydrogens (tertiary/aromatic N) is 1. The quantitative estimate of drug-likeness (QED) is 0.826. The Kier molecular flexibility index (Phi) is 3.97. The van der Waals surface area contributed by atoms with Crippen LogP contribution in [0.25, 0.3) is 0 Å². The molecular formula is C12H19NO2. The van der Waals surface area contributed by atoms with Crippen LogP contribution in [0.3, 0.4) is 0 Å². The minimum atomic E-state index is 0.182. The standard InChI is InChI=1S/C12H19NO2/c1-5-9(13(2)3)12-10(14)7-6-8-11(12)15-4/h6-9,14H,5H2,1-4H3. The van der Waals surface area contributed by atoms with Gasteiger partial charge in [-0.2, -0.15) is 0 Å². The van der Waals surface area contributed by atoms with Crippen LogP contribution in [0.2, 0.25) is 0 Å². The third-order valence-electron chi connectivity index (χ3n) is 2.61.